The van der Waals surface area contributed by atoms with Gasteiger partial charge in [0.1, 0.15) is 11.4 Å². The van der Waals surface area contributed by atoms with Gasteiger partial charge in [-0.05, 0) is 18.6 Å². The maximum atomic E-state index is 10.4. The molecule has 0 aliphatic carbocycles. The second-order valence-corrected chi connectivity index (χ2v) is 2.34. The Labute approximate surface area is 69.8 Å². The van der Waals surface area contributed by atoms with Crippen LogP contribution in [0.5, 0.6) is 5.75 Å². The number of hydrogen-bond donors (Lipinski definition) is 1. The van der Waals surface area contributed by atoms with Crippen molar-refractivity contribution in [2.45, 2.75) is 6.92 Å². The number of hydrogen-bond acceptors (Lipinski definition) is 3. The molecule has 12 heavy (non-hydrogen) atoms. The summed E-state index contributed by atoms with van der Waals surface area (Å²) < 4.78 is 4.92. The van der Waals surface area contributed by atoms with Crippen LogP contribution in [0.15, 0.2) is 12.3 Å². The summed E-state index contributed by atoms with van der Waals surface area (Å²) in [5, 5.41) is 8.57. The monoisotopic (exact) mass is 167 g/mol. The summed E-state index contributed by atoms with van der Waals surface area (Å²) in [5.74, 6) is -0.430. The minimum absolute atomic E-state index is 0.0355. The van der Waals surface area contributed by atoms with Crippen molar-refractivity contribution in [3.05, 3.63) is 23.5 Å². The number of aromatic nitrogens is 1. The molecule has 1 aromatic heterocycles. The summed E-state index contributed by atoms with van der Waals surface area (Å²) in [7, 11) is 1.52. The van der Waals surface area contributed by atoms with Crippen LogP contribution in [0.3, 0.4) is 0 Å². The van der Waals surface area contributed by atoms with Crippen molar-refractivity contribution in [3.8, 4) is 5.75 Å². The third kappa shape index (κ3) is 1.53. The molecule has 0 aromatic carbocycles. The molecule has 0 atom stereocenters. The van der Waals surface area contributed by atoms with E-state index < -0.39 is 5.97 Å². The van der Waals surface area contributed by atoms with Crippen LogP contribution in [0.2, 0.25) is 0 Å². The summed E-state index contributed by atoms with van der Waals surface area (Å²) in [5.41, 5.74) is 0.804. The second kappa shape index (κ2) is 3.21. The number of carboxylic acid groups (broad SMARTS) is 1. The average Bonchev–Trinajstić information content (AvgIpc) is 2.04. The largest absolute Gasteiger partial charge is 0.495 e. The van der Waals surface area contributed by atoms with E-state index in [0.29, 0.717) is 5.75 Å². The maximum Gasteiger partial charge on any atom is 0.354 e. The molecule has 0 bridgehead atoms. The van der Waals surface area contributed by atoms with Crippen LogP contribution in [0.4, 0.5) is 0 Å². The predicted molar refractivity (Wildman–Crippen MR) is 42.5 cm³/mol. The summed E-state index contributed by atoms with van der Waals surface area (Å²) in [6, 6.07) is 1.47. The molecular weight excluding hydrogens is 158 g/mol. The molecule has 0 fully saturated rings. The molecule has 0 aliphatic heterocycles. The molecule has 1 rings (SSSR count). The van der Waals surface area contributed by atoms with Crippen molar-refractivity contribution < 1.29 is 14.6 Å². The molecule has 1 aromatic rings. The number of methoxy groups -OCH3 is 1. The molecule has 4 nitrogen and oxygen atoms in total. The fourth-order valence-electron chi connectivity index (χ4n) is 0.874. The van der Waals surface area contributed by atoms with Gasteiger partial charge in [-0.3, -0.25) is 0 Å². The molecule has 64 valence electrons. The van der Waals surface area contributed by atoms with E-state index in [1.54, 1.807) is 6.92 Å². The second-order valence-electron chi connectivity index (χ2n) is 2.34. The van der Waals surface area contributed by atoms with Crippen molar-refractivity contribution in [1.82, 2.24) is 4.98 Å². The highest BCUT2D eigenvalue weighted by Gasteiger charge is 2.06. The van der Waals surface area contributed by atoms with E-state index in [0.717, 1.165) is 5.56 Å². The third-order valence-corrected chi connectivity index (χ3v) is 1.50. The predicted octanol–water partition coefficient (Wildman–Crippen LogP) is 1.10. The number of carboxylic acids is 1. The van der Waals surface area contributed by atoms with Gasteiger partial charge in [-0.25, -0.2) is 9.78 Å². The van der Waals surface area contributed by atoms with Crippen LogP contribution >= 0.6 is 0 Å². The van der Waals surface area contributed by atoms with E-state index in [4.69, 9.17) is 9.84 Å². The van der Waals surface area contributed by atoms with Gasteiger partial charge in [0.2, 0.25) is 0 Å². The number of pyridine rings is 1. The Bertz CT molecular complexity index is 309. The van der Waals surface area contributed by atoms with E-state index in [1.165, 1.54) is 19.4 Å². The number of aryl methyl sites for hydroxylation is 1. The molecule has 1 N–H and O–H groups in total. The summed E-state index contributed by atoms with van der Waals surface area (Å²) in [4.78, 5) is 14.1. The van der Waals surface area contributed by atoms with Crippen LogP contribution in [0, 0.1) is 6.92 Å². The van der Waals surface area contributed by atoms with Crippen molar-refractivity contribution in [2.75, 3.05) is 7.11 Å². The van der Waals surface area contributed by atoms with Gasteiger partial charge in [0.25, 0.3) is 0 Å². The van der Waals surface area contributed by atoms with Crippen molar-refractivity contribution in [1.29, 1.82) is 0 Å². The minimum Gasteiger partial charge on any atom is -0.495 e. The number of rotatable bonds is 2. The zero-order valence-electron chi connectivity index (χ0n) is 6.87. The molecule has 4 heteroatoms. The molecular formula is C8H9NO3. The van der Waals surface area contributed by atoms with Gasteiger partial charge >= 0.3 is 5.97 Å². The SMILES string of the molecule is COc1cnc(C(=O)O)cc1C. The van der Waals surface area contributed by atoms with Gasteiger partial charge in [0.05, 0.1) is 13.3 Å². The molecule has 0 aliphatic rings. The Hall–Kier alpha value is -1.58. The van der Waals surface area contributed by atoms with Crippen LogP contribution in [-0.2, 0) is 0 Å². The van der Waals surface area contributed by atoms with E-state index in [9.17, 15) is 4.79 Å². The first-order valence-electron chi connectivity index (χ1n) is 3.39. The fourth-order valence-corrected chi connectivity index (χ4v) is 0.874. The highest BCUT2D eigenvalue weighted by molar-refractivity contribution is 5.85. The number of aromatic carboxylic acids is 1. The molecule has 0 radical (unpaired) electrons. The lowest BCUT2D eigenvalue weighted by Crippen LogP contribution is -2.01. The Morgan fingerprint density at radius 3 is 2.75 bits per heavy atom. The molecule has 0 saturated carbocycles. The van der Waals surface area contributed by atoms with Crippen LogP contribution in [0.25, 0.3) is 0 Å². The lowest BCUT2D eigenvalue weighted by Gasteiger charge is -2.03. The third-order valence-electron chi connectivity index (χ3n) is 1.50. The maximum absolute atomic E-state index is 10.4. The van der Waals surface area contributed by atoms with E-state index in [1.807, 2.05) is 0 Å². The molecule has 0 amide bonds. The lowest BCUT2D eigenvalue weighted by atomic mass is 10.2. The highest BCUT2D eigenvalue weighted by atomic mass is 16.5. The van der Waals surface area contributed by atoms with Crippen molar-refractivity contribution >= 4 is 5.97 Å². The van der Waals surface area contributed by atoms with Crippen LogP contribution in [0.1, 0.15) is 16.1 Å². The minimum atomic E-state index is -1.03. The molecule has 0 saturated heterocycles. The Kier molecular flexibility index (Phi) is 2.28. The lowest BCUT2D eigenvalue weighted by molar-refractivity contribution is 0.0690. The van der Waals surface area contributed by atoms with Gasteiger partial charge in [-0.15, -0.1) is 0 Å². The van der Waals surface area contributed by atoms with Gasteiger partial charge in [0, 0.05) is 0 Å². The van der Waals surface area contributed by atoms with Gasteiger partial charge in [0.15, 0.2) is 0 Å². The Morgan fingerprint density at radius 1 is 1.67 bits per heavy atom. The van der Waals surface area contributed by atoms with Crippen LogP contribution < -0.4 is 4.74 Å². The first kappa shape index (κ1) is 8.52. The smallest absolute Gasteiger partial charge is 0.354 e. The topological polar surface area (TPSA) is 59.4 Å². The number of nitrogens with zero attached hydrogens (tertiary/aromatic N) is 1. The number of carbonyl (C=O) groups is 1. The standard InChI is InChI=1S/C8H9NO3/c1-5-3-6(8(10)11)9-4-7(5)12-2/h3-4H,1-2H3,(H,10,11). The van der Waals surface area contributed by atoms with Gasteiger partial charge < -0.3 is 9.84 Å². The average molecular weight is 167 g/mol. The Morgan fingerprint density at radius 2 is 2.33 bits per heavy atom. The summed E-state index contributed by atoms with van der Waals surface area (Å²) >= 11 is 0. The normalized spacial score (nSPS) is 9.50. The molecule has 0 unspecified atom stereocenters. The quantitative estimate of drug-likeness (QED) is 0.716. The van der Waals surface area contributed by atoms with Crippen molar-refractivity contribution in [2.24, 2.45) is 0 Å². The van der Waals surface area contributed by atoms with Crippen molar-refractivity contribution in [3.63, 3.8) is 0 Å². The first-order valence-corrected chi connectivity index (χ1v) is 3.39. The molecule has 1 heterocycles. The summed E-state index contributed by atoms with van der Waals surface area (Å²) in [6.07, 6.45) is 1.40. The zero-order chi connectivity index (χ0) is 9.14. The fraction of sp³-hybridized carbons (Fsp3) is 0.250. The molecule has 0 spiro atoms. The van der Waals surface area contributed by atoms with Gasteiger partial charge in [-0.1, -0.05) is 0 Å². The van der Waals surface area contributed by atoms with E-state index in [-0.39, 0.29) is 5.69 Å². The first-order chi connectivity index (χ1) is 5.65. The van der Waals surface area contributed by atoms with Gasteiger partial charge in [-0.2, -0.15) is 0 Å². The van der Waals surface area contributed by atoms with Crippen LogP contribution in [-0.4, -0.2) is 23.2 Å². The number of ether oxygens (including phenoxy) is 1. The van der Waals surface area contributed by atoms with E-state index >= 15 is 0 Å². The van der Waals surface area contributed by atoms with E-state index in [2.05, 4.69) is 4.98 Å². The Balaban J connectivity index is 3.10. The zero-order valence-corrected chi connectivity index (χ0v) is 6.87. The highest BCUT2D eigenvalue weighted by Crippen LogP contribution is 2.15. The summed E-state index contributed by atoms with van der Waals surface area (Å²) in [6.45, 7) is 1.77.